The minimum atomic E-state index is -4.32. The second-order valence-electron chi connectivity index (χ2n) is 8.34. The van der Waals surface area contributed by atoms with Gasteiger partial charge in [-0.25, -0.2) is 4.98 Å². The number of ketones is 1. The van der Waals surface area contributed by atoms with Crippen molar-refractivity contribution in [3.8, 4) is 17.0 Å². The lowest BCUT2D eigenvalue weighted by Gasteiger charge is -2.38. The molecule has 2 aromatic carbocycles. The molecule has 1 saturated heterocycles. The standard InChI is InChI=1S/C26H25F3N2O3/c27-26(28,29)22-10-3-18(4-11-22)15-31-16-23(17-31)34-25-12-9-21(14-30-25)19-5-7-20(8-6-19)24(33)2-1-13-32/h3-12,14,23,32H,1-2,13,15-17H2. The Morgan fingerprint density at radius 1 is 1.00 bits per heavy atom. The molecule has 0 aliphatic carbocycles. The summed E-state index contributed by atoms with van der Waals surface area (Å²) in [5.74, 6) is 0.522. The van der Waals surface area contributed by atoms with Crippen molar-refractivity contribution in [2.75, 3.05) is 19.7 Å². The van der Waals surface area contributed by atoms with Gasteiger partial charge in [0.25, 0.3) is 0 Å². The molecule has 0 saturated carbocycles. The van der Waals surface area contributed by atoms with Crippen LogP contribution in [0, 0.1) is 0 Å². The van der Waals surface area contributed by atoms with Crippen LogP contribution in [-0.2, 0) is 12.7 Å². The highest BCUT2D eigenvalue weighted by molar-refractivity contribution is 5.96. The molecule has 2 heterocycles. The van der Waals surface area contributed by atoms with Gasteiger partial charge in [-0.1, -0.05) is 36.4 Å². The Bertz CT molecular complexity index is 1090. The zero-order valence-electron chi connectivity index (χ0n) is 18.5. The van der Waals surface area contributed by atoms with E-state index in [1.54, 1.807) is 24.4 Å². The number of pyridine rings is 1. The average Bonchev–Trinajstić information content (AvgIpc) is 2.81. The first kappa shape index (κ1) is 23.9. The Morgan fingerprint density at radius 2 is 1.68 bits per heavy atom. The molecule has 0 amide bonds. The molecule has 4 rings (SSSR count). The van der Waals surface area contributed by atoms with Gasteiger partial charge >= 0.3 is 6.18 Å². The minimum Gasteiger partial charge on any atom is -0.472 e. The molecule has 0 spiro atoms. The molecular formula is C26H25F3N2O3. The van der Waals surface area contributed by atoms with E-state index < -0.39 is 11.7 Å². The second kappa shape index (κ2) is 10.4. The van der Waals surface area contributed by atoms with E-state index in [1.807, 2.05) is 18.2 Å². The molecule has 34 heavy (non-hydrogen) atoms. The van der Waals surface area contributed by atoms with E-state index in [0.29, 0.717) is 43.9 Å². The quantitative estimate of drug-likeness (QED) is 0.447. The normalized spacial score (nSPS) is 14.6. The molecule has 1 fully saturated rings. The maximum atomic E-state index is 12.7. The van der Waals surface area contributed by atoms with E-state index in [2.05, 4.69) is 9.88 Å². The van der Waals surface area contributed by atoms with Crippen LogP contribution in [0.15, 0.2) is 66.9 Å². The fourth-order valence-corrected chi connectivity index (χ4v) is 3.81. The maximum absolute atomic E-state index is 12.7. The molecule has 3 aromatic rings. The number of hydrogen-bond acceptors (Lipinski definition) is 5. The zero-order valence-corrected chi connectivity index (χ0v) is 18.5. The first-order valence-corrected chi connectivity index (χ1v) is 11.1. The molecule has 1 aromatic heterocycles. The number of rotatable bonds is 9. The Kier molecular flexibility index (Phi) is 7.29. The lowest BCUT2D eigenvalue weighted by atomic mass is 10.0. The van der Waals surface area contributed by atoms with Gasteiger partial charge in [-0.05, 0) is 35.7 Å². The third-order valence-corrected chi connectivity index (χ3v) is 5.74. The second-order valence-corrected chi connectivity index (χ2v) is 8.34. The summed E-state index contributed by atoms with van der Waals surface area (Å²) < 4.78 is 43.9. The summed E-state index contributed by atoms with van der Waals surface area (Å²) in [6, 6.07) is 16.2. The molecule has 1 aliphatic rings. The van der Waals surface area contributed by atoms with Crippen LogP contribution in [0.1, 0.15) is 34.3 Å². The number of aliphatic hydroxyl groups excluding tert-OH is 1. The Labute approximate surface area is 195 Å². The molecule has 8 heteroatoms. The topological polar surface area (TPSA) is 62.7 Å². The SMILES string of the molecule is O=C(CCCO)c1ccc(-c2ccc(OC3CN(Cc4ccc(C(F)(F)F)cc4)C3)nc2)cc1. The van der Waals surface area contributed by atoms with Crippen molar-refractivity contribution < 1.29 is 27.8 Å². The number of ether oxygens (including phenoxy) is 1. The fourth-order valence-electron chi connectivity index (χ4n) is 3.81. The summed E-state index contributed by atoms with van der Waals surface area (Å²) in [5, 5.41) is 8.85. The zero-order chi connectivity index (χ0) is 24.1. The van der Waals surface area contributed by atoms with E-state index in [9.17, 15) is 18.0 Å². The highest BCUT2D eigenvalue weighted by Crippen LogP contribution is 2.29. The molecule has 1 aliphatic heterocycles. The van der Waals surface area contributed by atoms with Crippen molar-refractivity contribution in [2.24, 2.45) is 0 Å². The van der Waals surface area contributed by atoms with Crippen LogP contribution in [-0.4, -0.2) is 46.6 Å². The van der Waals surface area contributed by atoms with E-state index >= 15 is 0 Å². The number of benzene rings is 2. The highest BCUT2D eigenvalue weighted by Gasteiger charge is 2.31. The third kappa shape index (κ3) is 6.01. The number of carbonyl (C=O) groups excluding carboxylic acids is 1. The molecule has 5 nitrogen and oxygen atoms in total. The van der Waals surface area contributed by atoms with Crippen molar-refractivity contribution in [2.45, 2.75) is 31.7 Å². The van der Waals surface area contributed by atoms with Crippen LogP contribution >= 0.6 is 0 Å². The summed E-state index contributed by atoms with van der Waals surface area (Å²) in [5.41, 5.74) is 2.65. The molecule has 178 valence electrons. The molecule has 1 N–H and O–H groups in total. The van der Waals surface area contributed by atoms with Crippen LogP contribution in [0.3, 0.4) is 0 Å². The van der Waals surface area contributed by atoms with Gasteiger partial charge in [0.15, 0.2) is 5.78 Å². The summed E-state index contributed by atoms with van der Waals surface area (Å²) >= 11 is 0. The number of Topliss-reactive ketones (excluding diaryl/α,β-unsaturated/α-hetero) is 1. The van der Waals surface area contributed by atoms with Gasteiger partial charge < -0.3 is 9.84 Å². The molecule has 0 atom stereocenters. The van der Waals surface area contributed by atoms with Gasteiger partial charge in [0, 0.05) is 56.1 Å². The first-order chi connectivity index (χ1) is 16.3. The van der Waals surface area contributed by atoms with Gasteiger partial charge in [-0.2, -0.15) is 13.2 Å². The average molecular weight is 470 g/mol. The van der Waals surface area contributed by atoms with Gasteiger partial charge in [-0.15, -0.1) is 0 Å². The number of aliphatic hydroxyl groups is 1. The number of alkyl halides is 3. The number of halogens is 3. The first-order valence-electron chi connectivity index (χ1n) is 11.1. The van der Waals surface area contributed by atoms with Crippen LogP contribution in [0.5, 0.6) is 5.88 Å². The van der Waals surface area contributed by atoms with Crippen molar-refractivity contribution in [1.82, 2.24) is 9.88 Å². The number of nitrogens with zero attached hydrogens (tertiary/aromatic N) is 2. The summed E-state index contributed by atoms with van der Waals surface area (Å²) in [6.45, 7) is 1.93. The van der Waals surface area contributed by atoms with Crippen LogP contribution in [0.4, 0.5) is 13.2 Å². The minimum absolute atomic E-state index is 0.00194. The predicted octanol–water partition coefficient (Wildman–Crippen LogP) is 4.99. The van der Waals surface area contributed by atoms with Crippen LogP contribution < -0.4 is 4.74 Å². The number of hydrogen-bond donors (Lipinski definition) is 1. The van der Waals surface area contributed by atoms with Crippen LogP contribution in [0.2, 0.25) is 0 Å². The summed E-state index contributed by atoms with van der Waals surface area (Å²) in [7, 11) is 0. The molecular weight excluding hydrogens is 445 g/mol. The number of carbonyl (C=O) groups is 1. The largest absolute Gasteiger partial charge is 0.472 e. The Hall–Kier alpha value is -3.23. The van der Waals surface area contributed by atoms with Gasteiger partial charge in [0.05, 0.1) is 5.56 Å². The summed E-state index contributed by atoms with van der Waals surface area (Å²) in [4.78, 5) is 18.5. The van der Waals surface area contributed by atoms with E-state index in [1.165, 1.54) is 12.1 Å². The van der Waals surface area contributed by atoms with E-state index in [0.717, 1.165) is 28.8 Å². The smallest absolute Gasteiger partial charge is 0.416 e. The predicted molar refractivity (Wildman–Crippen MR) is 121 cm³/mol. The third-order valence-electron chi connectivity index (χ3n) is 5.74. The van der Waals surface area contributed by atoms with Crippen molar-refractivity contribution in [3.63, 3.8) is 0 Å². The van der Waals surface area contributed by atoms with Crippen molar-refractivity contribution >= 4 is 5.78 Å². The molecule has 0 bridgehead atoms. The Balaban J connectivity index is 1.25. The lowest BCUT2D eigenvalue weighted by Crippen LogP contribution is -2.53. The van der Waals surface area contributed by atoms with Crippen molar-refractivity contribution in [3.05, 3.63) is 83.6 Å². The molecule has 0 radical (unpaired) electrons. The maximum Gasteiger partial charge on any atom is 0.416 e. The highest BCUT2D eigenvalue weighted by atomic mass is 19.4. The molecule has 0 unspecified atom stereocenters. The number of likely N-dealkylation sites (tertiary alicyclic amines) is 1. The van der Waals surface area contributed by atoms with Gasteiger partial charge in [0.2, 0.25) is 5.88 Å². The van der Waals surface area contributed by atoms with Gasteiger partial charge in [-0.3, -0.25) is 9.69 Å². The monoisotopic (exact) mass is 470 g/mol. The Morgan fingerprint density at radius 3 is 2.26 bits per heavy atom. The van der Waals surface area contributed by atoms with Crippen LogP contribution in [0.25, 0.3) is 11.1 Å². The van der Waals surface area contributed by atoms with Gasteiger partial charge in [0.1, 0.15) is 6.10 Å². The lowest BCUT2D eigenvalue weighted by molar-refractivity contribution is -0.137. The van der Waals surface area contributed by atoms with Crippen molar-refractivity contribution in [1.29, 1.82) is 0 Å². The fraction of sp³-hybridized carbons (Fsp3) is 0.308. The van der Waals surface area contributed by atoms with E-state index in [-0.39, 0.29) is 18.5 Å². The number of aromatic nitrogens is 1. The van der Waals surface area contributed by atoms with E-state index in [4.69, 9.17) is 9.84 Å². The summed E-state index contributed by atoms with van der Waals surface area (Å²) in [6.07, 6.45) is -1.83.